The molecule has 0 bridgehead atoms. The predicted molar refractivity (Wildman–Crippen MR) is 92.0 cm³/mol. The van der Waals surface area contributed by atoms with E-state index < -0.39 is 5.97 Å². The number of nitrogens with zero attached hydrogens (tertiary/aromatic N) is 3. The second-order valence-corrected chi connectivity index (χ2v) is 7.87. The first-order valence-corrected chi connectivity index (χ1v) is 8.89. The number of carbonyl (C=O) groups is 1. The number of hydrogen-bond acceptors (Lipinski definition) is 5. The van der Waals surface area contributed by atoms with Gasteiger partial charge in [-0.3, -0.25) is 4.79 Å². The molecular formula is C16H26N4O2S. The first-order chi connectivity index (χ1) is 10.8. The molecule has 0 spiro atoms. The monoisotopic (exact) mass is 338 g/mol. The lowest BCUT2D eigenvalue weighted by Crippen LogP contribution is -2.30. The lowest BCUT2D eigenvalue weighted by atomic mass is 9.97. The maximum atomic E-state index is 11.3. The van der Waals surface area contributed by atoms with Gasteiger partial charge in [-0.1, -0.05) is 39.0 Å². The number of rotatable bonds is 8. The van der Waals surface area contributed by atoms with Crippen molar-refractivity contribution in [3.05, 3.63) is 16.4 Å². The Morgan fingerprint density at radius 2 is 2.04 bits per heavy atom. The van der Waals surface area contributed by atoms with E-state index in [2.05, 4.69) is 29.2 Å². The van der Waals surface area contributed by atoms with Crippen molar-refractivity contribution in [1.29, 1.82) is 0 Å². The van der Waals surface area contributed by atoms with E-state index in [4.69, 9.17) is 0 Å². The zero-order chi connectivity index (χ0) is 17.1. The Bertz CT molecular complexity index is 675. The summed E-state index contributed by atoms with van der Waals surface area (Å²) in [5.74, 6) is -0.421. The maximum absolute atomic E-state index is 11.3. The average molecular weight is 338 g/mol. The van der Waals surface area contributed by atoms with Crippen molar-refractivity contribution < 1.29 is 9.90 Å². The number of hydrogen-bond donors (Lipinski definition) is 2. The number of fused-ring (bicyclic) bond motifs is 1. The van der Waals surface area contributed by atoms with Crippen molar-refractivity contribution >= 4 is 22.3 Å². The zero-order valence-corrected chi connectivity index (χ0v) is 15.3. The van der Waals surface area contributed by atoms with Gasteiger partial charge in [0.2, 0.25) is 4.96 Å². The van der Waals surface area contributed by atoms with Crippen molar-refractivity contribution in [2.24, 2.45) is 11.8 Å². The number of aliphatic carboxylic acids is 1. The van der Waals surface area contributed by atoms with Crippen LogP contribution in [-0.2, 0) is 11.3 Å². The van der Waals surface area contributed by atoms with Crippen molar-refractivity contribution in [2.45, 2.75) is 53.5 Å². The molecule has 7 heteroatoms. The molecule has 1 atom stereocenters. The molecule has 2 heterocycles. The van der Waals surface area contributed by atoms with E-state index >= 15 is 0 Å². The molecule has 2 N–H and O–H groups in total. The van der Waals surface area contributed by atoms with Gasteiger partial charge in [-0.05, 0) is 25.2 Å². The molecule has 0 saturated carbocycles. The Labute approximate surface area is 140 Å². The molecule has 0 aliphatic rings. The summed E-state index contributed by atoms with van der Waals surface area (Å²) in [7, 11) is 0. The Hall–Kier alpha value is -1.47. The van der Waals surface area contributed by atoms with Crippen LogP contribution in [0.3, 0.4) is 0 Å². The summed E-state index contributed by atoms with van der Waals surface area (Å²) >= 11 is 1.58. The number of imidazole rings is 1. The van der Waals surface area contributed by atoms with Gasteiger partial charge in [0.05, 0.1) is 17.3 Å². The fourth-order valence-electron chi connectivity index (χ4n) is 2.73. The summed E-state index contributed by atoms with van der Waals surface area (Å²) < 4.78 is 1.89. The maximum Gasteiger partial charge on any atom is 0.307 e. The fourth-order valence-corrected chi connectivity index (χ4v) is 3.50. The Balaban J connectivity index is 2.11. The molecule has 0 aromatic carbocycles. The molecule has 0 amide bonds. The van der Waals surface area contributed by atoms with Gasteiger partial charge in [-0.15, -0.1) is 0 Å². The molecule has 0 aliphatic carbocycles. The highest BCUT2D eigenvalue weighted by Gasteiger charge is 2.21. The third-order valence-corrected chi connectivity index (χ3v) is 4.59. The number of carboxylic acids is 1. The van der Waals surface area contributed by atoms with Crippen LogP contribution in [0.25, 0.3) is 4.96 Å². The minimum absolute atomic E-state index is 0.312. The fraction of sp³-hybridized carbons (Fsp3) is 0.688. The largest absolute Gasteiger partial charge is 0.481 e. The third-order valence-electron chi connectivity index (χ3n) is 3.76. The third kappa shape index (κ3) is 4.29. The van der Waals surface area contributed by atoms with Crippen molar-refractivity contribution in [1.82, 2.24) is 19.9 Å². The van der Waals surface area contributed by atoms with E-state index in [0.29, 0.717) is 31.3 Å². The van der Waals surface area contributed by atoms with Crippen LogP contribution in [0.5, 0.6) is 0 Å². The molecule has 1 unspecified atom stereocenters. The lowest BCUT2D eigenvalue weighted by Gasteiger charge is -2.15. The van der Waals surface area contributed by atoms with Crippen LogP contribution in [0.15, 0.2) is 0 Å². The zero-order valence-electron chi connectivity index (χ0n) is 14.5. The molecule has 23 heavy (non-hydrogen) atoms. The minimum atomic E-state index is -0.738. The van der Waals surface area contributed by atoms with Crippen LogP contribution < -0.4 is 5.32 Å². The summed E-state index contributed by atoms with van der Waals surface area (Å²) in [5.41, 5.74) is 2.07. The number of aromatic nitrogens is 3. The summed E-state index contributed by atoms with van der Waals surface area (Å²) in [6, 6.07) is 0. The first-order valence-electron chi connectivity index (χ1n) is 8.08. The van der Waals surface area contributed by atoms with Gasteiger partial charge < -0.3 is 10.4 Å². The van der Waals surface area contributed by atoms with E-state index in [9.17, 15) is 9.90 Å². The van der Waals surface area contributed by atoms with E-state index in [1.165, 1.54) is 0 Å². The second-order valence-electron chi connectivity index (χ2n) is 6.71. The number of carboxylic acid groups (broad SMARTS) is 1. The molecule has 0 saturated heterocycles. The highest BCUT2D eigenvalue weighted by Crippen LogP contribution is 2.24. The highest BCUT2D eigenvalue weighted by molar-refractivity contribution is 7.16. The Kier molecular flexibility index (Phi) is 5.75. The van der Waals surface area contributed by atoms with Crippen molar-refractivity contribution in [2.75, 3.05) is 6.54 Å². The van der Waals surface area contributed by atoms with Gasteiger partial charge in [-0.25, -0.2) is 9.50 Å². The van der Waals surface area contributed by atoms with Crippen LogP contribution in [0, 0.1) is 18.8 Å². The van der Waals surface area contributed by atoms with Crippen molar-refractivity contribution in [3.8, 4) is 0 Å². The van der Waals surface area contributed by atoms with Gasteiger partial charge in [0, 0.05) is 13.1 Å². The summed E-state index contributed by atoms with van der Waals surface area (Å²) in [4.78, 5) is 16.9. The van der Waals surface area contributed by atoms with E-state index in [0.717, 1.165) is 21.4 Å². The van der Waals surface area contributed by atoms with Crippen molar-refractivity contribution in [3.63, 3.8) is 0 Å². The SMILES string of the molecule is Cc1nn2c(CNCC(CC(C)C)C(=O)O)c(C(C)C)nc2s1. The molecule has 128 valence electrons. The molecule has 2 aromatic rings. The van der Waals surface area contributed by atoms with Crippen LogP contribution in [0.4, 0.5) is 0 Å². The van der Waals surface area contributed by atoms with Gasteiger partial charge >= 0.3 is 5.97 Å². The summed E-state index contributed by atoms with van der Waals surface area (Å²) in [6.45, 7) is 11.3. The second kappa shape index (κ2) is 7.40. The van der Waals surface area contributed by atoms with Crippen LogP contribution in [-0.4, -0.2) is 32.2 Å². The molecule has 0 radical (unpaired) electrons. The van der Waals surface area contributed by atoms with E-state index in [1.807, 2.05) is 25.3 Å². The molecular weight excluding hydrogens is 312 g/mol. The lowest BCUT2D eigenvalue weighted by molar-refractivity contribution is -0.142. The minimum Gasteiger partial charge on any atom is -0.481 e. The van der Waals surface area contributed by atoms with Crippen LogP contribution >= 0.6 is 11.3 Å². The highest BCUT2D eigenvalue weighted by atomic mass is 32.1. The normalized spacial score (nSPS) is 13.3. The number of nitrogens with one attached hydrogen (secondary N) is 1. The van der Waals surface area contributed by atoms with E-state index in [-0.39, 0.29) is 5.92 Å². The van der Waals surface area contributed by atoms with Gasteiger partial charge in [0.1, 0.15) is 5.01 Å². The Morgan fingerprint density at radius 1 is 1.35 bits per heavy atom. The molecule has 0 fully saturated rings. The predicted octanol–water partition coefficient (Wildman–Crippen LogP) is 3.06. The van der Waals surface area contributed by atoms with Gasteiger partial charge in [0.15, 0.2) is 0 Å². The molecule has 6 nitrogen and oxygen atoms in total. The topological polar surface area (TPSA) is 79.5 Å². The summed E-state index contributed by atoms with van der Waals surface area (Å²) in [6.07, 6.45) is 0.678. The van der Waals surface area contributed by atoms with Crippen LogP contribution in [0.2, 0.25) is 0 Å². The summed E-state index contributed by atoms with van der Waals surface area (Å²) in [5, 5.41) is 18.1. The quantitative estimate of drug-likeness (QED) is 0.773. The van der Waals surface area contributed by atoms with Gasteiger partial charge in [0.25, 0.3) is 0 Å². The van der Waals surface area contributed by atoms with Crippen LogP contribution in [0.1, 0.15) is 56.4 Å². The molecule has 0 aliphatic heterocycles. The molecule has 2 aromatic heterocycles. The van der Waals surface area contributed by atoms with E-state index in [1.54, 1.807) is 11.3 Å². The standard InChI is InChI=1S/C16H26N4O2S/c1-9(2)6-12(15(21)22)7-17-8-13-14(10(3)4)18-16-20(13)19-11(5)23-16/h9-10,12,17H,6-8H2,1-5H3,(H,21,22). The Morgan fingerprint density at radius 3 is 2.61 bits per heavy atom. The smallest absolute Gasteiger partial charge is 0.307 e. The van der Waals surface area contributed by atoms with Gasteiger partial charge in [-0.2, -0.15) is 5.10 Å². The first kappa shape index (κ1) is 17.9. The molecule has 2 rings (SSSR count). The number of aryl methyl sites for hydroxylation is 1. The average Bonchev–Trinajstić information content (AvgIpc) is 2.94.